The van der Waals surface area contributed by atoms with Crippen molar-refractivity contribution in [3.63, 3.8) is 0 Å². The van der Waals surface area contributed by atoms with Gasteiger partial charge in [0.25, 0.3) is 0 Å². The summed E-state index contributed by atoms with van der Waals surface area (Å²) < 4.78 is 0. The van der Waals surface area contributed by atoms with Gasteiger partial charge < -0.3 is 10.4 Å². The van der Waals surface area contributed by atoms with Crippen molar-refractivity contribution >= 4 is 0 Å². The fourth-order valence-corrected chi connectivity index (χ4v) is 1.72. The lowest BCUT2D eigenvalue weighted by atomic mass is 9.87. The second-order valence-corrected chi connectivity index (χ2v) is 4.35. The van der Waals surface area contributed by atoms with Crippen LogP contribution in [-0.2, 0) is 5.54 Å². The highest BCUT2D eigenvalue weighted by Gasteiger charge is 2.23. The van der Waals surface area contributed by atoms with Crippen LogP contribution in [0.3, 0.4) is 0 Å². The monoisotopic (exact) mass is 207 g/mol. The van der Waals surface area contributed by atoms with Crippen molar-refractivity contribution in [3.05, 3.63) is 34.9 Å². The van der Waals surface area contributed by atoms with Crippen LogP contribution >= 0.6 is 0 Å². The maximum absolute atomic E-state index is 9.08. The van der Waals surface area contributed by atoms with E-state index in [1.54, 1.807) is 0 Å². The average molecular weight is 207 g/mol. The summed E-state index contributed by atoms with van der Waals surface area (Å²) in [5.41, 5.74) is 3.71. The van der Waals surface area contributed by atoms with E-state index in [1.807, 2.05) is 7.05 Å². The molecule has 1 atom stereocenters. The van der Waals surface area contributed by atoms with Gasteiger partial charge in [-0.2, -0.15) is 0 Å². The van der Waals surface area contributed by atoms with E-state index in [2.05, 4.69) is 44.3 Å². The molecule has 15 heavy (non-hydrogen) atoms. The lowest BCUT2D eigenvalue weighted by molar-refractivity contribution is 0.228. The maximum atomic E-state index is 9.08. The van der Waals surface area contributed by atoms with E-state index in [1.165, 1.54) is 16.7 Å². The lowest BCUT2D eigenvalue weighted by Crippen LogP contribution is -2.37. The first-order valence-electron chi connectivity index (χ1n) is 5.41. The van der Waals surface area contributed by atoms with E-state index >= 15 is 0 Å². The standard InChI is InChI=1S/C13H21NO/c1-10-5-6-12(9-11(10)2)13(3,14-4)7-8-15/h5-6,9,14-15H,7-8H2,1-4H3. The predicted octanol–water partition coefficient (Wildman–Crippen LogP) is 2.12. The second-order valence-electron chi connectivity index (χ2n) is 4.35. The largest absolute Gasteiger partial charge is 0.396 e. The molecule has 0 aliphatic rings. The number of nitrogens with one attached hydrogen (secondary N) is 1. The van der Waals surface area contributed by atoms with Gasteiger partial charge in [-0.25, -0.2) is 0 Å². The minimum Gasteiger partial charge on any atom is -0.396 e. The highest BCUT2D eigenvalue weighted by molar-refractivity contribution is 5.33. The summed E-state index contributed by atoms with van der Waals surface area (Å²) in [7, 11) is 1.94. The summed E-state index contributed by atoms with van der Waals surface area (Å²) in [5.74, 6) is 0. The Labute approximate surface area is 92.3 Å². The topological polar surface area (TPSA) is 32.3 Å². The molecule has 0 saturated heterocycles. The first kappa shape index (κ1) is 12.2. The quantitative estimate of drug-likeness (QED) is 0.792. The summed E-state index contributed by atoms with van der Waals surface area (Å²) in [6, 6.07) is 6.47. The highest BCUT2D eigenvalue weighted by Crippen LogP contribution is 2.25. The number of aryl methyl sites for hydroxylation is 2. The molecule has 1 aromatic carbocycles. The van der Waals surface area contributed by atoms with Gasteiger partial charge in [-0.3, -0.25) is 0 Å². The summed E-state index contributed by atoms with van der Waals surface area (Å²) in [4.78, 5) is 0. The third-order valence-electron chi connectivity index (χ3n) is 3.31. The van der Waals surface area contributed by atoms with Crippen LogP contribution in [0.2, 0.25) is 0 Å². The molecule has 1 rings (SSSR count). The lowest BCUT2D eigenvalue weighted by Gasteiger charge is -2.29. The van der Waals surface area contributed by atoms with Gasteiger partial charge in [0.05, 0.1) is 0 Å². The van der Waals surface area contributed by atoms with Crippen LogP contribution in [0.4, 0.5) is 0 Å². The van der Waals surface area contributed by atoms with Crippen molar-refractivity contribution < 1.29 is 5.11 Å². The van der Waals surface area contributed by atoms with Crippen LogP contribution in [0.25, 0.3) is 0 Å². The SMILES string of the molecule is CNC(C)(CCO)c1ccc(C)c(C)c1. The van der Waals surface area contributed by atoms with Crippen LogP contribution in [0.1, 0.15) is 30.0 Å². The zero-order valence-electron chi connectivity index (χ0n) is 10.1. The molecule has 0 aliphatic carbocycles. The van der Waals surface area contributed by atoms with Crippen molar-refractivity contribution in [2.45, 2.75) is 32.7 Å². The first-order chi connectivity index (χ1) is 7.03. The Morgan fingerprint density at radius 2 is 1.93 bits per heavy atom. The molecule has 2 N–H and O–H groups in total. The molecule has 84 valence electrons. The van der Waals surface area contributed by atoms with Crippen molar-refractivity contribution in [3.8, 4) is 0 Å². The number of hydrogen-bond donors (Lipinski definition) is 2. The van der Waals surface area contributed by atoms with Crippen molar-refractivity contribution in [2.75, 3.05) is 13.7 Å². The molecule has 0 aromatic heterocycles. The fourth-order valence-electron chi connectivity index (χ4n) is 1.72. The highest BCUT2D eigenvalue weighted by atomic mass is 16.3. The van der Waals surface area contributed by atoms with Gasteiger partial charge in [0.1, 0.15) is 0 Å². The molecule has 0 fully saturated rings. The molecule has 1 aromatic rings. The number of rotatable bonds is 4. The molecule has 0 saturated carbocycles. The van der Waals surface area contributed by atoms with E-state index in [-0.39, 0.29) is 12.1 Å². The molecular formula is C13H21NO. The Morgan fingerprint density at radius 3 is 2.40 bits per heavy atom. The first-order valence-corrected chi connectivity index (χ1v) is 5.41. The molecule has 0 spiro atoms. The average Bonchev–Trinajstić information content (AvgIpc) is 2.22. The fraction of sp³-hybridized carbons (Fsp3) is 0.538. The van der Waals surface area contributed by atoms with Crippen LogP contribution in [-0.4, -0.2) is 18.8 Å². The Bertz CT molecular complexity index is 335. The Hall–Kier alpha value is -0.860. The molecule has 0 amide bonds. The molecule has 1 unspecified atom stereocenters. The minimum atomic E-state index is -0.132. The molecule has 2 nitrogen and oxygen atoms in total. The van der Waals surface area contributed by atoms with Gasteiger partial charge in [-0.1, -0.05) is 18.2 Å². The van der Waals surface area contributed by atoms with Gasteiger partial charge in [0, 0.05) is 12.1 Å². The molecule has 0 heterocycles. The summed E-state index contributed by atoms with van der Waals surface area (Å²) in [5, 5.41) is 12.4. The third-order valence-corrected chi connectivity index (χ3v) is 3.31. The molecule has 0 aliphatic heterocycles. The van der Waals surface area contributed by atoms with Gasteiger partial charge in [0.2, 0.25) is 0 Å². The second kappa shape index (κ2) is 4.77. The number of hydrogen-bond acceptors (Lipinski definition) is 2. The van der Waals surface area contributed by atoms with Crippen molar-refractivity contribution in [1.82, 2.24) is 5.32 Å². The number of aliphatic hydroxyl groups excluding tert-OH is 1. The van der Waals surface area contributed by atoms with Crippen LogP contribution in [0.15, 0.2) is 18.2 Å². The minimum absolute atomic E-state index is 0.132. The van der Waals surface area contributed by atoms with Gasteiger partial charge in [0.15, 0.2) is 0 Å². The molecule has 0 radical (unpaired) electrons. The molecule has 0 bridgehead atoms. The molecule has 2 heteroatoms. The van der Waals surface area contributed by atoms with Crippen molar-refractivity contribution in [2.24, 2.45) is 0 Å². The Balaban J connectivity index is 3.07. The summed E-state index contributed by atoms with van der Waals surface area (Å²) >= 11 is 0. The van der Waals surface area contributed by atoms with E-state index in [4.69, 9.17) is 5.11 Å². The maximum Gasteiger partial charge on any atom is 0.0451 e. The molecular weight excluding hydrogens is 186 g/mol. The zero-order valence-corrected chi connectivity index (χ0v) is 10.1. The van der Waals surface area contributed by atoms with Crippen LogP contribution in [0, 0.1) is 13.8 Å². The number of benzene rings is 1. The summed E-state index contributed by atoms with van der Waals surface area (Å²) in [6.45, 7) is 6.55. The number of aliphatic hydroxyl groups is 1. The van der Waals surface area contributed by atoms with Crippen LogP contribution in [0.5, 0.6) is 0 Å². The van der Waals surface area contributed by atoms with Crippen molar-refractivity contribution in [1.29, 1.82) is 0 Å². The van der Waals surface area contributed by atoms with Gasteiger partial charge >= 0.3 is 0 Å². The van der Waals surface area contributed by atoms with E-state index in [0.717, 1.165) is 6.42 Å². The van der Waals surface area contributed by atoms with Gasteiger partial charge in [-0.15, -0.1) is 0 Å². The normalized spacial score (nSPS) is 15.0. The van der Waals surface area contributed by atoms with E-state index in [9.17, 15) is 0 Å². The predicted molar refractivity (Wildman–Crippen MR) is 64.0 cm³/mol. The Morgan fingerprint density at radius 1 is 1.27 bits per heavy atom. The smallest absolute Gasteiger partial charge is 0.0451 e. The van der Waals surface area contributed by atoms with E-state index < -0.39 is 0 Å². The van der Waals surface area contributed by atoms with Gasteiger partial charge in [-0.05, 0) is 50.9 Å². The van der Waals surface area contributed by atoms with E-state index in [0.29, 0.717) is 0 Å². The third kappa shape index (κ3) is 2.58. The van der Waals surface area contributed by atoms with Crippen LogP contribution < -0.4 is 5.32 Å². The zero-order chi connectivity index (χ0) is 11.5. The Kier molecular flexibility index (Phi) is 3.89. The summed E-state index contributed by atoms with van der Waals surface area (Å²) in [6.07, 6.45) is 0.728.